The van der Waals surface area contributed by atoms with Gasteiger partial charge in [-0.3, -0.25) is 0 Å². The first-order valence-electron chi connectivity index (χ1n) is 8.93. The van der Waals surface area contributed by atoms with E-state index in [4.69, 9.17) is 0 Å². The van der Waals surface area contributed by atoms with Crippen molar-refractivity contribution < 1.29 is 0 Å². The summed E-state index contributed by atoms with van der Waals surface area (Å²) in [5.41, 5.74) is 5.53. The lowest BCUT2D eigenvalue weighted by Crippen LogP contribution is -1.87. The van der Waals surface area contributed by atoms with E-state index in [1.165, 1.54) is 69.0 Å². The minimum Gasteiger partial charge on any atom is -0.144 e. The predicted octanol–water partition coefficient (Wildman–Crippen LogP) is 7.88. The van der Waals surface area contributed by atoms with Crippen LogP contribution in [-0.2, 0) is 6.42 Å². The molecule has 0 unspecified atom stereocenters. The van der Waals surface area contributed by atoms with Crippen LogP contribution < -0.4 is 0 Å². The maximum atomic E-state index is 2.37. The van der Waals surface area contributed by atoms with Crippen LogP contribution in [0.4, 0.5) is 0 Å². The molecule has 0 N–H and O–H groups in total. The smallest absolute Gasteiger partial charge is 0.0348 e. The molecular formula is C22H26S2. The minimum atomic E-state index is 1.23. The molecule has 0 aliphatic rings. The van der Waals surface area contributed by atoms with Gasteiger partial charge in [0, 0.05) is 14.6 Å². The summed E-state index contributed by atoms with van der Waals surface area (Å²) < 4.78 is 0. The summed E-state index contributed by atoms with van der Waals surface area (Å²) >= 11 is 3.79. The highest BCUT2D eigenvalue weighted by atomic mass is 32.1. The van der Waals surface area contributed by atoms with Crippen LogP contribution in [0.2, 0.25) is 0 Å². The highest BCUT2D eigenvalue weighted by Crippen LogP contribution is 2.36. The van der Waals surface area contributed by atoms with Crippen molar-refractivity contribution in [3.8, 4) is 20.9 Å². The molecule has 0 bridgehead atoms. The fourth-order valence-corrected chi connectivity index (χ4v) is 5.10. The molecule has 0 atom stereocenters. The number of thiophene rings is 2. The molecule has 24 heavy (non-hydrogen) atoms. The molecule has 126 valence electrons. The largest absolute Gasteiger partial charge is 0.144 e. The summed E-state index contributed by atoms with van der Waals surface area (Å²) in [4.78, 5) is 4.31. The van der Waals surface area contributed by atoms with Gasteiger partial charge in [-0.25, -0.2) is 0 Å². The molecule has 3 aromatic rings. The van der Waals surface area contributed by atoms with E-state index in [0.717, 1.165) is 0 Å². The summed E-state index contributed by atoms with van der Waals surface area (Å²) in [6.07, 6.45) is 6.59. The number of unbranched alkanes of at least 4 members (excludes halogenated alkanes) is 3. The van der Waals surface area contributed by atoms with Crippen LogP contribution in [0.15, 0.2) is 41.8 Å². The molecule has 2 heteroatoms. The average molecular weight is 355 g/mol. The lowest BCUT2D eigenvalue weighted by Gasteiger charge is -2.10. The monoisotopic (exact) mass is 354 g/mol. The van der Waals surface area contributed by atoms with E-state index >= 15 is 0 Å². The Hall–Kier alpha value is -1.38. The number of benzene rings is 1. The molecule has 0 aliphatic heterocycles. The molecule has 0 radical (unpaired) electrons. The van der Waals surface area contributed by atoms with Gasteiger partial charge < -0.3 is 0 Å². The number of hydrogen-bond donors (Lipinski definition) is 0. The van der Waals surface area contributed by atoms with Crippen molar-refractivity contribution >= 4 is 22.7 Å². The van der Waals surface area contributed by atoms with Crippen molar-refractivity contribution in [2.45, 2.75) is 52.9 Å². The SMILES string of the molecule is CCCCCCc1ccc(-c2cc(C)c(-c3cccs3)cc2C)s1. The molecular weight excluding hydrogens is 328 g/mol. The number of aryl methyl sites for hydroxylation is 3. The first-order valence-corrected chi connectivity index (χ1v) is 10.6. The van der Waals surface area contributed by atoms with Gasteiger partial charge in [0.25, 0.3) is 0 Å². The standard InChI is InChI=1S/C22H26S2/c1-4-5-6-7-9-18-11-12-22(24-18)20-15-16(2)19(14-17(20)3)21-10-8-13-23-21/h8,10-15H,4-7,9H2,1-3H3. The molecule has 0 aliphatic carbocycles. The summed E-state index contributed by atoms with van der Waals surface area (Å²) in [5, 5.41) is 2.15. The second kappa shape index (κ2) is 8.13. The second-order valence-electron chi connectivity index (χ2n) is 6.54. The summed E-state index contributed by atoms with van der Waals surface area (Å²) in [7, 11) is 0. The zero-order valence-electron chi connectivity index (χ0n) is 14.9. The van der Waals surface area contributed by atoms with E-state index in [0.29, 0.717) is 0 Å². The molecule has 3 rings (SSSR count). The Balaban J connectivity index is 1.80. The van der Waals surface area contributed by atoms with E-state index in [1.807, 2.05) is 22.7 Å². The van der Waals surface area contributed by atoms with Gasteiger partial charge in [0.2, 0.25) is 0 Å². The van der Waals surface area contributed by atoms with E-state index in [-0.39, 0.29) is 0 Å². The maximum Gasteiger partial charge on any atom is 0.0348 e. The molecule has 1 aromatic carbocycles. The van der Waals surface area contributed by atoms with Gasteiger partial charge in [-0.05, 0) is 84.7 Å². The Morgan fingerprint density at radius 3 is 2.25 bits per heavy atom. The van der Waals surface area contributed by atoms with Gasteiger partial charge in [0.1, 0.15) is 0 Å². The van der Waals surface area contributed by atoms with Crippen molar-refractivity contribution in [3.05, 3.63) is 57.8 Å². The average Bonchev–Trinajstić information content (AvgIpc) is 3.25. The Morgan fingerprint density at radius 1 is 0.833 bits per heavy atom. The van der Waals surface area contributed by atoms with Gasteiger partial charge in [0.15, 0.2) is 0 Å². The maximum absolute atomic E-state index is 2.37. The van der Waals surface area contributed by atoms with Crippen LogP contribution in [0.5, 0.6) is 0 Å². The lowest BCUT2D eigenvalue weighted by atomic mass is 9.98. The first kappa shape index (κ1) is 17.4. The van der Waals surface area contributed by atoms with Crippen molar-refractivity contribution in [3.63, 3.8) is 0 Å². The third kappa shape index (κ3) is 3.99. The van der Waals surface area contributed by atoms with Crippen molar-refractivity contribution in [2.24, 2.45) is 0 Å². The topological polar surface area (TPSA) is 0 Å². The normalized spacial score (nSPS) is 11.1. The van der Waals surface area contributed by atoms with Crippen LogP contribution in [0.3, 0.4) is 0 Å². The van der Waals surface area contributed by atoms with Crippen LogP contribution in [0.1, 0.15) is 48.6 Å². The number of rotatable bonds is 7. The highest BCUT2D eigenvalue weighted by molar-refractivity contribution is 7.15. The van der Waals surface area contributed by atoms with E-state index < -0.39 is 0 Å². The summed E-state index contributed by atoms with van der Waals surface area (Å²) in [6, 6.07) is 13.7. The Labute approximate surface area is 154 Å². The van der Waals surface area contributed by atoms with Crippen molar-refractivity contribution in [1.29, 1.82) is 0 Å². The molecule has 0 nitrogen and oxygen atoms in total. The minimum absolute atomic E-state index is 1.23. The van der Waals surface area contributed by atoms with Crippen molar-refractivity contribution in [2.75, 3.05) is 0 Å². The fourth-order valence-electron chi connectivity index (χ4n) is 3.16. The van der Waals surface area contributed by atoms with Crippen LogP contribution in [0, 0.1) is 13.8 Å². The Kier molecular flexibility index (Phi) is 5.91. The quantitative estimate of drug-likeness (QED) is 0.378. The molecule has 0 spiro atoms. The molecule has 2 heterocycles. The predicted molar refractivity (Wildman–Crippen MR) is 110 cm³/mol. The molecule has 0 amide bonds. The lowest BCUT2D eigenvalue weighted by molar-refractivity contribution is 0.670. The first-order chi connectivity index (χ1) is 11.7. The molecule has 0 fully saturated rings. The third-order valence-electron chi connectivity index (χ3n) is 4.56. The van der Waals surface area contributed by atoms with Gasteiger partial charge in [-0.15, -0.1) is 22.7 Å². The van der Waals surface area contributed by atoms with Crippen LogP contribution >= 0.6 is 22.7 Å². The van der Waals surface area contributed by atoms with Gasteiger partial charge in [-0.1, -0.05) is 32.3 Å². The van der Waals surface area contributed by atoms with Gasteiger partial charge in [-0.2, -0.15) is 0 Å². The van der Waals surface area contributed by atoms with E-state index in [2.05, 4.69) is 62.5 Å². The summed E-state index contributed by atoms with van der Waals surface area (Å²) in [6.45, 7) is 6.75. The van der Waals surface area contributed by atoms with E-state index in [9.17, 15) is 0 Å². The van der Waals surface area contributed by atoms with Crippen LogP contribution in [0.25, 0.3) is 20.9 Å². The second-order valence-corrected chi connectivity index (χ2v) is 8.65. The molecule has 0 saturated heterocycles. The zero-order chi connectivity index (χ0) is 16.9. The van der Waals surface area contributed by atoms with Crippen molar-refractivity contribution in [1.82, 2.24) is 0 Å². The van der Waals surface area contributed by atoms with Gasteiger partial charge >= 0.3 is 0 Å². The van der Waals surface area contributed by atoms with E-state index in [1.54, 1.807) is 0 Å². The molecule has 2 aromatic heterocycles. The third-order valence-corrected chi connectivity index (χ3v) is 6.64. The highest BCUT2D eigenvalue weighted by Gasteiger charge is 2.11. The Bertz CT molecular complexity index is 778. The fraction of sp³-hybridized carbons (Fsp3) is 0.364. The Morgan fingerprint density at radius 2 is 1.58 bits per heavy atom. The number of hydrogen-bond acceptors (Lipinski definition) is 2. The van der Waals surface area contributed by atoms with Crippen LogP contribution in [-0.4, -0.2) is 0 Å². The molecule has 0 saturated carbocycles. The summed E-state index contributed by atoms with van der Waals surface area (Å²) in [5.74, 6) is 0. The van der Waals surface area contributed by atoms with Gasteiger partial charge in [0.05, 0.1) is 0 Å². The zero-order valence-corrected chi connectivity index (χ0v) is 16.5.